The van der Waals surface area contributed by atoms with Gasteiger partial charge in [-0.25, -0.2) is 4.79 Å². The number of carbonyl (C=O) groups is 3. The number of rotatable bonds is 9. The van der Waals surface area contributed by atoms with Gasteiger partial charge in [0.05, 0.1) is 21.7 Å². The summed E-state index contributed by atoms with van der Waals surface area (Å²) in [6.45, 7) is 8.06. The van der Waals surface area contributed by atoms with Crippen molar-refractivity contribution in [3.63, 3.8) is 0 Å². The van der Waals surface area contributed by atoms with Gasteiger partial charge < -0.3 is 14.2 Å². The number of amides is 2. The number of halogens is 1. The second kappa shape index (κ2) is 11.7. The van der Waals surface area contributed by atoms with Crippen LogP contribution in [0.15, 0.2) is 41.3 Å². The molecule has 0 bridgehead atoms. The van der Waals surface area contributed by atoms with Crippen LogP contribution in [0.2, 0.25) is 0 Å². The molecule has 1 heterocycles. The normalized spacial score (nSPS) is 15.6. The van der Waals surface area contributed by atoms with Gasteiger partial charge in [0.1, 0.15) is 12.6 Å². The molecule has 0 aromatic heterocycles. The fourth-order valence-electron chi connectivity index (χ4n) is 3.37. The van der Waals surface area contributed by atoms with Gasteiger partial charge in [-0.2, -0.15) is 0 Å². The molecule has 1 atom stereocenters. The van der Waals surface area contributed by atoms with E-state index in [0.717, 1.165) is 31.4 Å². The van der Waals surface area contributed by atoms with Crippen molar-refractivity contribution < 1.29 is 28.6 Å². The van der Waals surface area contributed by atoms with Gasteiger partial charge >= 0.3 is 5.97 Å². The molecule has 0 spiro atoms. The van der Waals surface area contributed by atoms with Gasteiger partial charge in [-0.3, -0.25) is 14.5 Å². The third-order valence-corrected chi connectivity index (χ3v) is 6.62. The first-order valence-electron chi connectivity index (χ1n) is 10.8. The number of benzene rings is 2. The lowest BCUT2D eigenvalue weighted by Crippen LogP contribution is -2.42. The number of ether oxygens (including phenoxy) is 3. The van der Waals surface area contributed by atoms with Crippen LogP contribution in [0.25, 0.3) is 6.08 Å². The van der Waals surface area contributed by atoms with Gasteiger partial charge in [0.2, 0.25) is 0 Å². The monoisotopic (exact) mass is 595 g/mol. The van der Waals surface area contributed by atoms with Crippen molar-refractivity contribution in [3.8, 4) is 11.5 Å². The second-order valence-electron chi connectivity index (χ2n) is 7.52. The molecule has 1 fully saturated rings. The summed E-state index contributed by atoms with van der Waals surface area (Å²) in [7, 11) is 0. The molecule has 0 N–H and O–H groups in total. The molecule has 2 aromatic carbocycles. The van der Waals surface area contributed by atoms with Crippen molar-refractivity contribution in [2.45, 2.75) is 40.3 Å². The second-order valence-corrected chi connectivity index (χ2v) is 9.68. The number of hydrogen-bond acceptors (Lipinski definition) is 7. The first-order valence-corrected chi connectivity index (χ1v) is 12.7. The lowest BCUT2D eigenvalue weighted by Gasteiger charge is -2.19. The lowest BCUT2D eigenvalue weighted by atomic mass is 10.1. The largest absolute Gasteiger partial charge is 0.490 e. The fourth-order valence-corrected chi connectivity index (χ4v) is 5.05. The Morgan fingerprint density at radius 3 is 2.59 bits per heavy atom. The molecule has 7 nitrogen and oxygen atoms in total. The summed E-state index contributed by atoms with van der Waals surface area (Å²) < 4.78 is 17.7. The molecule has 0 radical (unpaired) electrons. The van der Waals surface area contributed by atoms with E-state index in [4.69, 9.17) is 14.2 Å². The minimum Gasteiger partial charge on any atom is -0.490 e. The Hall–Kier alpha value is -2.53. The van der Waals surface area contributed by atoms with Gasteiger partial charge in [0.25, 0.3) is 11.1 Å². The number of nitrogens with zero attached hydrogens (tertiary/aromatic N) is 1. The van der Waals surface area contributed by atoms with E-state index in [-0.39, 0.29) is 11.5 Å². The van der Waals surface area contributed by atoms with Crippen molar-refractivity contribution in [3.05, 3.63) is 61.6 Å². The van der Waals surface area contributed by atoms with Crippen LogP contribution in [0.1, 0.15) is 37.5 Å². The smallest absolute Gasteiger partial charge is 0.329 e. The van der Waals surface area contributed by atoms with Crippen LogP contribution in [0.5, 0.6) is 11.5 Å². The molecule has 3 rings (SSSR count). The number of aryl methyl sites for hydroxylation is 1. The van der Waals surface area contributed by atoms with Crippen LogP contribution >= 0.6 is 34.4 Å². The minimum atomic E-state index is -0.991. The highest BCUT2D eigenvalue weighted by Crippen LogP contribution is 2.38. The van der Waals surface area contributed by atoms with E-state index in [9.17, 15) is 14.4 Å². The Balaban J connectivity index is 1.85. The molecule has 9 heteroatoms. The quantitative estimate of drug-likeness (QED) is 0.213. The zero-order chi connectivity index (χ0) is 24.8. The summed E-state index contributed by atoms with van der Waals surface area (Å²) in [6, 6.07) is 10.7. The highest BCUT2D eigenvalue weighted by molar-refractivity contribution is 14.1. The van der Waals surface area contributed by atoms with E-state index in [1.165, 1.54) is 6.92 Å². The SMILES string of the molecule is CCOC(=O)[C@@H](C)N1C(=O)S/C(=C/c2cc(I)c(OCc3cccc(C)c3)c(OCC)c2)C1=O. The predicted octanol–water partition coefficient (Wildman–Crippen LogP) is 5.57. The minimum absolute atomic E-state index is 0.173. The number of imide groups is 1. The molecule has 2 amide bonds. The highest BCUT2D eigenvalue weighted by atomic mass is 127. The van der Waals surface area contributed by atoms with Crippen LogP contribution in [0.3, 0.4) is 0 Å². The Morgan fingerprint density at radius 2 is 1.91 bits per heavy atom. The lowest BCUT2D eigenvalue weighted by molar-refractivity contribution is -0.150. The van der Waals surface area contributed by atoms with Crippen molar-refractivity contribution >= 4 is 57.5 Å². The van der Waals surface area contributed by atoms with E-state index < -0.39 is 23.2 Å². The molecule has 2 aromatic rings. The summed E-state index contributed by atoms with van der Waals surface area (Å²) >= 11 is 2.96. The molecular formula is C25H26INO6S. The van der Waals surface area contributed by atoms with Crippen molar-refractivity contribution in [1.82, 2.24) is 4.90 Å². The molecule has 1 saturated heterocycles. The van der Waals surface area contributed by atoms with E-state index in [0.29, 0.717) is 30.3 Å². The molecule has 34 heavy (non-hydrogen) atoms. The highest BCUT2D eigenvalue weighted by Gasteiger charge is 2.41. The zero-order valence-electron chi connectivity index (χ0n) is 19.4. The average molecular weight is 595 g/mol. The molecule has 0 saturated carbocycles. The van der Waals surface area contributed by atoms with Crippen molar-refractivity contribution in [2.24, 2.45) is 0 Å². The van der Waals surface area contributed by atoms with Crippen LogP contribution in [-0.2, 0) is 20.9 Å². The van der Waals surface area contributed by atoms with Crippen LogP contribution in [0.4, 0.5) is 4.79 Å². The van der Waals surface area contributed by atoms with Gasteiger partial charge in [-0.05, 0) is 91.4 Å². The van der Waals surface area contributed by atoms with Gasteiger partial charge in [-0.15, -0.1) is 0 Å². The summed E-state index contributed by atoms with van der Waals surface area (Å²) in [6.07, 6.45) is 1.62. The zero-order valence-corrected chi connectivity index (χ0v) is 22.4. The summed E-state index contributed by atoms with van der Waals surface area (Å²) in [5.74, 6) is 0.0233. The molecule has 0 aliphatic carbocycles. The standard InChI is InChI=1S/C25H26INO6S/c1-5-31-20-12-18(11-19(26)22(20)33-14-17-9-7-8-15(3)10-17)13-21-23(28)27(25(30)34-21)16(4)24(29)32-6-2/h7-13,16H,5-6,14H2,1-4H3/b21-13+/t16-/m1/s1. The first-order chi connectivity index (χ1) is 16.2. The molecular weight excluding hydrogens is 569 g/mol. The number of thioether (sulfide) groups is 1. The van der Waals surface area contributed by atoms with Crippen LogP contribution in [0, 0.1) is 10.5 Å². The van der Waals surface area contributed by atoms with Gasteiger partial charge in [0, 0.05) is 0 Å². The Bertz CT molecular complexity index is 1130. The number of carbonyl (C=O) groups excluding carboxylic acids is 3. The maximum atomic E-state index is 12.9. The van der Waals surface area contributed by atoms with Crippen LogP contribution in [-0.4, -0.2) is 41.3 Å². The summed E-state index contributed by atoms with van der Waals surface area (Å²) in [4.78, 5) is 38.5. The van der Waals surface area contributed by atoms with Crippen molar-refractivity contribution in [1.29, 1.82) is 0 Å². The Labute approximate surface area is 217 Å². The summed E-state index contributed by atoms with van der Waals surface area (Å²) in [5, 5.41) is -0.505. The van der Waals surface area contributed by atoms with E-state index in [1.54, 1.807) is 19.1 Å². The maximum Gasteiger partial charge on any atom is 0.329 e. The van der Waals surface area contributed by atoms with E-state index in [1.807, 2.05) is 38.1 Å². The fraction of sp³-hybridized carbons (Fsp3) is 0.320. The molecule has 1 aliphatic heterocycles. The maximum absolute atomic E-state index is 12.9. The summed E-state index contributed by atoms with van der Waals surface area (Å²) in [5.41, 5.74) is 2.89. The van der Waals surface area contributed by atoms with Crippen LogP contribution < -0.4 is 9.47 Å². The van der Waals surface area contributed by atoms with Gasteiger partial charge in [-0.1, -0.05) is 29.8 Å². The molecule has 1 aliphatic rings. The Morgan fingerprint density at radius 1 is 1.15 bits per heavy atom. The third-order valence-electron chi connectivity index (χ3n) is 4.93. The first kappa shape index (κ1) is 26.1. The van der Waals surface area contributed by atoms with E-state index in [2.05, 4.69) is 28.7 Å². The Kier molecular flexibility index (Phi) is 9.01. The van der Waals surface area contributed by atoms with E-state index >= 15 is 0 Å². The molecule has 0 unspecified atom stereocenters. The van der Waals surface area contributed by atoms with Crippen molar-refractivity contribution in [2.75, 3.05) is 13.2 Å². The predicted molar refractivity (Wildman–Crippen MR) is 140 cm³/mol. The average Bonchev–Trinajstić information content (AvgIpc) is 3.05. The van der Waals surface area contributed by atoms with Gasteiger partial charge in [0.15, 0.2) is 11.5 Å². The number of esters is 1. The molecule has 180 valence electrons. The topological polar surface area (TPSA) is 82.1 Å². The number of hydrogen-bond donors (Lipinski definition) is 0. The third kappa shape index (κ3) is 6.12.